The van der Waals surface area contributed by atoms with E-state index in [1.807, 2.05) is 0 Å². The molecule has 0 aromatic heterocycles. The molecule has 11 heavy (non-hydrogen) atoms. The summed E-state index contributed by atoms with van der Waals surface area (Å²) in [5.41, 5.74) is 0.650. The van der Waals surface area contributed by atoms with Crippen molar-refractivity contribution >= 4 is 0 Å². The molecule has 1 fully saturated rings. The van der Waals surface area contributed by atoms with E-state index in [1.54, 1.807) is 0 Å². The highest BCUT2D eigenvalue weighted by Gasteiger charge is 2.24. The molecule has 1 atom stereocenters. The van der Waals surface area contributed by atoms with Crippen molar-refractivity contribution in [2.45, 2.75) is 46.5 Å². The van der Waals surface area contributed by atoms with Gasteiger partial charge in [-0.25, -0.2) is 0 Å². The Hall–Kier alpha value is -0.0800. The van der Waals surface area contributed by atoms with Crippen molar-refractivity contribution in [3.63, 3.8) is 0 Å². The van der Waals surface area contributed by atoms with Crippen molar-refractivity contribution in [3.05, 3.63) is 0 Å². The fourth-order valence-corrected chi connectivity index (χ4v) is 2.08. The van der Waals surface area contributed by atoms with Crippen molar-refractivity contribution < 1.29 is 10.5 Å². The molecule has 0 heterocycles. The summed E-state index contributed by atoms with van der Waals surface area (Å²) < 4.78 is 0. The number of hydrogen-bond acceptors (Lipinski definition) is 2. The Labute approximate surface area is 69.2 Å². The molecule has 1 aliphatic rings. The van der Waals surface area contributed by atoms with Crippen LogP contribution in [0, 0.1) is 11.3 Å². The standard InChI is InChI=1S/C9H18.H2O2/c1-8-5-4-6-9(2,3)7-8;1-2/h8H,4-7H2,1-3H3;1-2H. The molecule has 0 aliphatic heterocycles. The molecule has 1 unspecified atom stereocenters. The molecule has 0 bridgehead atoms. The van der Waals surface area contributed by atoms with Crippen molar-refractivity contribution in [2.75, 3.05) is 0 Å². The number of hydrogen-bond donors (Lipinski definition) is 2. The van der Waals surface area contributed by atoms with Crippen LogP contribution in [0.3, 0.4) is 0 Å². The summed E-state index contributed by atoms with van der Waals surface area (Å²) in [6.45, 7) is 7.16. The molecule has 2 nitrogen and oxygen atoms in total. The molecule has 1 rings (SSSR count). The SMILES string of the molecule is CC1CCCC(C)(C)C1.OO. The zero-order valence-electron chi connectivity index (χ0n) is 7.80. The van der Waals surface area contributed by atoms with Gasteiger partial charge in [0.25, 0.3) is 0 Å². The Morgan fingerprint density at radius 1 is 1.27 bits per heavy atom. The third kappa shape index (κ3) is 4.38. The Morgan fingerprint density at radius 3 is 2.09 bits per heavy atom. The zero-order valence-corrected chi connectivity index (χ0v) is 7.80. The molecule has 68 valence electrons. The van der Waals surface area contributed by atoms with Crippen molar-refractivity contribution in [1.29, 1.82) is 0 Å². The van der Waals surface area contributed by atoms with Crippen molar-refractivity contribution in [3.8, 4) is 0 Å². The molecule has 1 aliphatic carbocycles. The first kappa shape index (κ1) is 10.9. The van der Waals surface area contributed by atoms with Gasteiger partial charge in [0.2, 0.25) is 0 Å². The van der Waals surface area contributed by atoms with Crippen LogP contribution in [0.2, 0.25) is 0 Å². The van der Waals surface area contributed by atoms with E-state index in [2.05, 4.69) is 20.8 Å². The summed E-state index contributed by atoms with van der Waals surface area (Å²) in [6.07, 6.45) is 5.79. The lowest BCUT2D eigenvalue weighted by Gasteiger charge is -2.33. The molecule has 2 N–H and O–H groups in total. The predicted molar refractivity (Wildman–Crippen MR) is 46.7 cm³/mol. The number of rotatable bonds is 0. The van der Waals surface area contributed by atoms with Crippen LogP contribution in [-0.2, 0) is 0 Å². The normalized spacial score (nSPS) is 28.6. The van der Waals surface area contributed by atoms with Crippen LogP contribution >= 0.6 is 0 Å². The highest BCUT2D eigenvalue weighted by atomic mass is 17.0. The first-order valence-electron chi connectivity index (χ1n) is 4.30. The molecule has 0 spiro atoms. The van der Waals surface area contributed by atoms with Crippen LogP contribution in [0.1, 0.15) is 46.5 Å². The lowest BCUT2D eigenvalue weighted by molar-refractivity contribution is -0.176. The van der Waals surface area contributed by atoms with Gasteiger partial charge in [-0.3, -0.25) is 10.5 Å². The van der Waals surface area contributed by atoms with Gasteiger partial charge in [-0.15, -0.1) is 0 Å². The molecular formula is C9H20O2. The monoisotopic (exact) mass is 160 g/mol. The van der Waals surface area contributed by atoms with Gasteiger partial charge in [0, 0.05) is 0 Å². The highest BCUT2D eigenvalue weighted by molar-refractivity contribution is 4.76. The van der Waals surface area contributed by atoms with Crippen LogP contribution in [0.25, 0.3) is 0 Å². The van der Waals surface area contributed by atoms with E-state index in [0.29, 0.717) is 5.41 Å². The van der Waals surface area contributed by atoms with Crippen LogP contribution in [0.15, 0.2) is 0 Å². The van der Waals surface area contributed by atoms with E-state index < -0.39 is 0 Å². The topological polar surface area (TPSA) is 40.5 Å². The van der Waals surface area contributed by atoms with Crippen molar-refractivity contribution in [1.82, 2.24) is 0 Å². The van der Waals surface area contributed by atoms with Gasteiger partial charge in [-0.1, -0.05) is 33.6 Å². The Balaban J connectivity index is 0.000000461. The Morgan fingerprint density at radius 2 is 1.82 bits per heavy atom. The fraction of sp³-hybridized carbons (Fsp3) is 1.00. The maximum atomic E-state index is 6.00. The van der Waals surface area contributed by atoms with Gasteiger partial charge in [0.1, 0.15) is 0 Å². The first-order valence-corrected chi connectivity index (χ1v) is 4.30. The van der Waals surface area contributed by atoms with Gasteiger partial charge in [-0.2, -0.15) is 0 Å². The quantitative estimate of drug-likeness (QED) is 0.422. The molecule has 0 radical (unpaired) electrons. The van der Waals surface area contributed by atoms with E-state index >= 15 is 0 Å². The van der Waals surface area contributed by atoms with E-state index in [1.165, 1.54) is 25.7 Å². The molecule has 0 aromatic carbocycles. The highest BCUT2D eigenvalue weighted by Crippen LogP contribution is 2.37. The summed E-state index contributed by atoms with van der Waals surface area (Å²) in [7, 11) is 0. The maximum Gasteiger partial charge on any atom is -0.0352 e. The first-order chi connectivity index (χ1) is 5.10. The smallest absolute Gasteiger partial charge is 0.0352 e. The molecule has 0 saturated heterocycles. The van der Waals surface area contributed by atoms with E-state index in [9.17, 15) is 0 Å². The van der Waals surface area contributed by atoms with Crippen LogP contribution in [-0.4, -0.2) is 10.5 Å². The molecule has 0 aromatic rings. The van der Waals surface area contributed by atoms with Gasteiger partial charge < -0.3 is 0 Å². The van der Waals surface area contributed by atoms with Gasteiger partial charge in [-0.05, 0) is 24.2 Å². The minimum absolute atomic E-state index is 0.650. The third-order valence-electron chi connectivity index (χ3n) is 2.45. The lowest BCUT2D eigenvalue weighted by Crippen LogP contribution is -2.20. The third-order valence-corrected chi connectivity index (χ3v) is 2.45. The maximum absolute atomic E-state index is 6.00. The average Bonchev–Trinajstić information content (AvgIpc) is 1.89. The second-order valence-electron chi connectivity index (χ2n) is 4.37. The van der Waals surface area contributed by atoms with Crippen LogP contribution < -0.4 is 0 Å². The Bertz CT molecular complexity index is 99.7. The molecular weight excluding hydrogens is 140 g/mol. The van der Waals surface area contributed by atoms with E-state index in [-0.39, 0.29) is 0 Å². The molecule has 1 saturated carbocycles. The van der Waals surface area contributed by atoms with Gasteiger partial charge in [0.15, 0.2) is 0 Å². The van der Waals surface area contributed by atoms with Crippen LogP contribution in [0.4, 0.5) is 0 Å². The zero-order chi connectivity index (χ0) is 8.91. The lowest BCUT2D eigenvalue weighted by atomic mass is 9.73. The summed E-state index contributed by atoms with van der Waals surface area (Å²) >= 11 is 0. The molecule has 0 amide bonds. The fourth-order valence-electron chi connectivity index (χ4n) is 2.08. The van der Waals surface area contributed by atoms with Crippen molar-refractivity contribution in [2.24, 2.45) is 11.3 Å². The largest absolute Gasteiger partial charge is 0.255 e. The van der Waals surface area contributed by atoms with E-state index in [4.69, 9.17) is 10.5 Å². The predicted octanol–water partition coefficient (Wildman–Crippen LogP) is 3.24. The van der Waals surface area contributed by atoms with E-state index in [0.717, 1.165) is 5.92 Å². The second kappa shape index (κ2) is 4.73. The second-order valence-corrected chi connectivity index (χ2v) is 4.37. The van der Waals surface area contributed by atoms with Crippen LogP contribution in [0.5, 0.6) is 0 Å². The molecule has 2 heteroatoms. The summed E-state index contributed by atoms with van der Waals surface area (Å²) in [5.74, 6) is 0.980. The summed E-state index contributed by atoms with van der Waals surface area (Å²) in [4.78, 5) is 0. The van der Waals surface area contributed by atoms with Gasteiger partial charge in [0.05, 0.1) is 0 Å². The van der Waals surface area contributed by atoms with Gasteiger partial charge >= 0.3 is 0 Å². The summed E-state index contributed by atoms with van der Waals surface area (Å²) in [6, 6.07) is 0. The average molecular weight is 160 g/mol. The minimum atomic E-state index is 0.650. The Kier molecular flexibility index (Phi) is 4.69. The minimum Gasteiger partial charge on any atom is -0.255 e. The summed E-state index contributed by atoms with van der Waals surface area (Å²) in [5, 5.41) is 12.0.